The van der Waals surface area contributed by atoms with E-state index in [0.29, 0.717) is 6.10 Å². The molecular formula is C14H20ClIO3. The smallest absolute Gasteiger partial charge is 0.0867 e. The van der Waals surface area contributed by atoms with Crippen molar-refractivity contribution in [1.82, 2.24) is 0 Å². The Kier molecular flexibility index (Phi) is 4.74. The second kappa shape index (κ2) is 6.18. The highest BCUT2D eigenvalue weighted by Gasteiger charge is 2.48. The van der Waals surface area contributed by atoms with Gasteiger partial charge in [0.25, 0.3) is 0 Å². The van der Waals surface area contributed by atoms with Crippen LogP contribution in [0.25, 0.3) is 0 Å². The van der Waals surface area contributed by atoms with Gasteiger partial charge in [-0.2, -0.15) is 0 Å². The van der Waals surface area contributed by atoms with E-state index in [-0.39, 0.29) is 35.9 Å². The highest BCUT2D eigenvalue weighted by molar-refractivity contribution is 14.1. The maximum Gasteiger partial charge on any atom is 0.0867 e. The van der Waals surface area contributed by atoms with Crippen LogP contribution in [0.1, 0.15) is 25.7 Å². The molecule has 19 heavy (non-hydrogen) atoms. The molecule has 3 rings (SSSR count). The van der Waals surface area contributed by atoms with E-state index in [1.165, 1.54) is 0 Å². The maximum absolute atomic E-state index is 6.39. The van der Waals surface area contributed by atoms with Crippen LogP contribution in [0, 0.1) is 0 Å². The zero-order chi connectivity index (χ0) is 13.4. The highest BCUT2D eigenvalue weighted by Crippen LogP contribution is 2.40. The third kappa shape index (κ3) is 2.98. The van der Waals surface area contributed by atoms with Crippen molar-refractivity contribution in [3.05, 3.63) is 12.7 Å². The molecule has 3 saturated heterocycles. The fourth-order valence-electron chi connectivity index (χ4n) is 3.35. The summed E-state index contributed by atoms with van der Waals surface area (Å²) in [5, 5.41) is 0.0264. The van der Waals surface area contributed by atoms with Crippen LogP contribution in [0.4, 0.5) is 0 Å². The molecule has 3 aliphatic rings. The Hall–Kier alpha value is 0.640. The van der Waals surface area contributed by atoms with E-state index >= 15 is 0 Å². The first-order valence-electron chi connectivity index (χ1n) is 6.98. The van der Waals surface area contributed by atoms with Gasteiger partial charge in [0.15, 0.2) is 0 Å². The molecule has 0 bridgehead atoms. The molecule has 3 nitrogen and oxygen atoms in total. The van der Waals surface area contributed by atoms with Gasteiger partial charge in [0.2, 0.25) is 0 Å². The van der Waals surface area contributed by atoms with Gasteiger partial charge in [0.1, 0.15) is 0 Å². The Balaban J connectivity index is 1.65. The minimum Gasteiger partial charge on any atom is -0.371 e. The molecule has 3 fully saturated rings. The van der Waals surface area contributed by atoms with Crippen molar-refractivity contribution in [1.29, 1.82) is 0 Å². The number of rotatable bonds is 3. The van der Waals surface area contributed by atoms with Gasteiger partial charge in [-0.25, -0.2) is 0 Å². The number of fused-ring (bicyclic) bond motifs is 2. The number of ether oxygens (including phenoxy) is 3. The molecule has 3 heterocycles. The van der Waals surface area contributed by atoms with Crippen LogP contribution in [-0.4, -0.2) is 46.4 Å². The number of hydrogen-bond donors (Lipinski definition) is 0. The molecular weight excluding hydrogens is 379 g/mol. The molecule has 3 aliphatic heterocycles. The van der Waals surface area contributed by atoms with Crippen LogP contribution in [0.15, 0.2) is 12.7 Å². The lowest BCUT2D eigenvalue weighted by Gasteiger charge is -2.44. The lowest BCUT2D eigenvalue weighted by molar-refractivity contribution is -0.206. The molecule has 0 aromatic carbocycles. The fourth-order valence-corrected chi connectivity index (χ4v) is 4.25. The predicted molar refractivity (Wildman–Crippen MR) is 83.2 cm³/mol. The van der Waals surface area contributed by atoms with Gasteiger partial charge in [-0.05, 0) is 12.8 Å². The zero-order valence-electron chi connectivity index (χ0n) is 10.8. The Labute approximate surface area is 133 Å². The summed E-state index contributed by atoms with van der Waals surface area (Å²) in [6.07, 6.45) is 6.65. The molecule has 108 valence electrons. The number of alkyl halides is 2. The van der Waals surface area contributed by atoms with Gasteiger partial charge < -0.3 is 14.2 Å². The van der Waals surface area contributed by atoms with E-state index in [0.717, 1.165) is 30.1 Å². The van der Waals surface area contributed by atoms with Crippen LogP contribution in [0.5, 0.6) is 0 Å². The van der Waals surface area contributed by atoms with Crippen molar-refractivity contribution in [2.75, 3.05) is 4.43 Å². The Bertz CT molecular complexity index is 341. The number of hydrogen-bond acceptors (Lipinski definition) is 3. The third-order valence-electron chi connectivity index (χ3n) is 4.29. The first-order valence-corrected chi connectivity index (χ1v) is 8.94. The molecule has 0 unspecified atom stereocenters. The van der Waals surface area contributed by atoms with E-state index < -0.39 is 0 Å². The zero-order valence-corrected chi connectivity index (χ0v) is 13.8. The molecule has 5 heteroatoms. The van der Waals surface area contributed by atoms with Crippen LogP contribution in [0.2, 0.25) is 0 Å². The van der Waals surface area contributed by atoms with Gasteiger partial charge >= 0.3 is 0 Å². The van der Waals surface area contributed by atoms with Crippen LogP contribution in [0.3, 0.4) is 0 Å². The van der Waals surface area contributed by atoms with Gasteiger partial charge in [0, 0.05) is 17.3 Å². The predicted octanol–water partition coefficient (Wildman–Crippen LogP) is 3.08. The highest BCUT2D eigenvalue weighted by atomic mass is 127. The van der Waals surface area contributed by atoms with Crippen molar-refractivity contribution >= 4 is 34.2 Å². The molecule has 0 aromatic heterocycles. The monoisotopic (exact) mass is 398 g/mol. The first kappa shape index (κ1) is 14.6. The summed E-state index contributed by atoms with van der Waals surface area (Å²) in [5.74, 6) is 0. The minimum absolute atomic E-state index is 0.0264. The molecule has 0 N–H and O–H groups in total. The average Bonchev–Trinajstić information content (AvgIpc) is 2.79. The molecule has 0 radical (unpaired) electrons. The topological polar surface area (TPSA) is 27.7 Å². The van der Waals surface area contributed by atoms with Crippen LogP contribution in [-0.2, 0) is 14.2 Å². The molecule has 0 aromatic rings. The molecule has 7 atom stereocenters. The summed E-state index contributed by atoms with van der Waals surface area (Å²) >= 11 is 8.77. The lowest BCUT2D eigenvalue weighted by Crippen LogP contribution is -2.53. The summed E-state index contributed by atoms with van der Waals surface area (Å²) in [6.45, 7) is 3.77. The summed E-state index contributed by atoms with van der Waals surface area (Å²) in [7, 11) is 0. The summed E-state index contributed by atoms with van der Waals surface area (Å²) < 4.78 is 19.3. The van der Waals surface area contributed by atoms with Crippen molar-refractivity contribution in [2.45, 2.75) is 67.7 Å². The Morgan fingerprint density at radius 3 is 2.47 bits per heavy atom. The minimum atomic E-state index is 0.0264. The van der Waals surface area contributed by atoms with Crippen LogP contribution < -0.4 is 0 Å². The quantitative estimate of drug-likeness (QED) is 0.415. The third-order valence-corrected chi connectivity index (χ3v) is 5.73. The Morgan fingerprint density at radius 2 is 1.74 bits per heavy atom. The van der Waals surface area contributed by atoms with Gasteiger partial charge in [-0.1, -0.05) is 28.7 Å². The van der Waals surface area contributed by atoms with Gasteiger partial charge in [0.05, 0.1) is 42.0 Å². The van der Waals surface area contributed by atoms with Crippen molar-refractivity contribution in [3.8, 4) is 0 Å². The molecule has 0 amide bonds. The lowest BCUT2D eigenvalue weighted by atomic mass is 9.90. The standard InChI is InChI=1S/C14H20ClIO3/c1-2-3-10-9(15)5-12-14(18-10)6-13-11(19-12)4-8(7-16)17-13/h2,8-14H,1,3-7H2/t8-,9+,10+,11+,12-,13+,14-/m1/s1. The second-order valence-corrected chi connectivity index (χ2v) is 7.07. The molecule has 0 spiro atoms. The van der Waals surface area contributed by atoms with E-state index in [4.69, 9.17) is 25.8 Å². The SMILES string of the molecule is C=CC[C@@H]1O[C@@H]2C[C@@H]3O[C@@H](CI)C[C@@H]3O[C@@H]2C[C@@H]1Cl. The molecule has 0 saturated carbocycles. The maximum atomic E-state index is 6.39. The van der Waals surface area contributed by atoms with E-state index in [9.17, 15) is 0 Å². The second-order valence-electron chi connectivity index (χ2n) is 5.62. The van der Waals surface area contributed by atoms with Gasteiger partial charge in [-0.15, -0.1) is 18.2 Å². The number of halogens is 2. The van der Waals surface area contributed by atoms with E-state index in [1.807, 2.05) is 6.08 Å². The van der Waals surface area contributed by atoms with Crippen molar-refractivity contribution in [3.63, 3.8) is 0 Å². The van der Waals surface area contributed by atoms with E-state index in [1.54, 1.807) is 0 Å². The van der Waals surface area contributed by atoms with Crippen molar-refractivity contribution in [2.24, 2.45) is 0 Å². The average molecular weight is 399 g/mol. The largest absolute Gasteiger partial charge is 0.371 e. The summed E-state index contributed by atoms with van der Waals surface area (Å²) in [5.41, 5.74) is 0. The molecule has 0 aliphatic carbocycles. The Morgan fingerprint density at radius 1 is 1.05 bits per heavy atom. The summed E-state index contributed by atoms with van der Waals surface area (Å²) in [4.78, 5) is 0. The van der Waals surface area contributed by atoms with Crippen molar-refractivity contribution < 1.29 is 14.2 Å². The van der Waals surface area contributed by atoms with Gasteiger partial charge in [-0.3, -0.25) is 0 Å². The van der Waals surface area contributed by atoms with Crippen LogP contribution >= 0.6 is 34.2 Å². The fraction of sp³-hybridized carbons (Fsp3) is 0.857. The summed E-state index contributed by atoms with van der Waals surface area (Å²) in [6, 6.07) is 0. The van der Waals surface area contributed by atoms with E-state index in [2.05, 4.69) is 29.2 Å². The normalized spacial score (nSPS) is 49.5. The first-order chi connectivity index (χ1) is 9.21.